The van der Waals surface area contributed by atoms with Crippen molar-refractivity contribution in [2.24, 2.45) is 0 Å². The van der Waals surface area contributed by atoms with Gasteiger partial charge in [0.05, 0.1) is 47.0 Å². The predicted octanol–water partition coefficient (Wildman–Crippen LogP) is 5.17. The number of hydrogen-bond acceptors (Lipinski definition) is 6. The lowest BCUT2D eigenvalue weighted by atomic mass is 9.95. The molecule has 9 heteroatoms. The molecule has 1 fully saturated rings. The van der Waals surface area contributed by atoms with Gasteiger partial charge in [0, 0.05) is 30.4 Å². The number of aryl methyl sites for hydroxylation is 1. The Balaban J connectivity index is 1.53. The summed E-state index contributed by atoms with van der Waals surface area (Å²) in [7, 11) is 1.56. The Morgan fingerprint density at radius 2 is 2.22 bits per heavy atom. The number of benzene rings is 1. The maximum atomic E-state index is 13.0. The number of aromatic amines is 1. The molecule has 0 saturated carbocycles. The van der Waals surface area contributed by atoms with E-state index in [0.717, 1.165) is 36.2 Å². The fourth-order valence-corrected chi connectivity index (χ4v) is 5.03. The number of halogens is 1. The number of para-hydroxylation sites is 1. The van der Waals surface area contributed by atoms with Crippen molar-refractivity contribution in [2.45, 2.75) is 31.7 Å². The molecule has 3 heterocycles. The summed E-state index contributed by atoms with van der Waals surface area (Å²) in [6.07, 6.45) is 7.57. The number of methoxy groups -OCH3 is 1. The Bertz CT molecular complexity index is 1340. The van der Waals surface area contributed by atoms with E-state index < -0.39 is 0 Å². The fourth-order valence-electron chi connectivity index (χ4n) is 4.78. The van der Waals surface area contributed by atoms with E-state index in [4.69, 9.17) is 21.1 Å². The quantitative estimate of drug-likeness (QED) is 0.409. The Morgan fingerprint density at radius 1 is 1.36 bits per heavy atom. The highest BCUT2D eigenvalue weighted by atomic mass is 35.5. The number of hydrogen-bond donors (Lipinski definition) is 2. The Labute approximate surface area is 214 Å². The number of pyridine rings is 1. The molecule has 1 aliphatic heterocycles. The number of aromatic nitrogens is 2. The molecule has 0 bridgehead atoms. The van der Waals surface area contributed by atoms with E-state index in [0.29, 0.717) is 53.0 Å². The summed E-state index contributed by atoms with van der Waals surface area (Å²) >= 11 is 6.36. The molecule has 2 aromatic heterocycles. The first kappa shape index (κ1) is 23.9. The lowest BCUT2D eigenvalue weighted by Gasteiger charge is -2.40. The molecule has 2 aliphatic rings. The van der Waals surface area contributed by atoms with Gasteiger partial charge in [-0.1, -0.05) is 24.2 Å². The van der Waals surface area contributed by atoms with E-state index in [2.05, 4.69) is 21.9 Å². The summed E-state index contributed by atoms with van der Waals surface area (Å²) < 4.78 is 11.7. The smallest absolute Gasteiger partial charge is 0.246 e. The fraction of sp³-hybridized carbons (Fsp3) is 0.296. The van der Waals surface area contributed by atoms with Crippen LogP contribution in [0.5, 0.6) is 11.5 Å². The maximum Gasteiger partial charge on any atom is 0.246 e. The van der Waals surface area contributed by atoms with Gasteiger partial charge in [-0.3, -0.25) is 14.6 Å². The minimum absolute atomic E-state index is 0.0182. The molecule has 1 aromatic carbocycles. The average molecular weight is 507 g/mol. The predicted molar refractivity (Wildman–Crippen MR) is 138 cm³/mol. The van der Waals surface area contributed by atoms with E-state index in [1.165, 1.54) is 6.08 Å². The highest BCUT2D eigenvalue weighted by molar-refractivity contribution is 6.32. The van der Waals surface area contributed by atoms with Gasteiger partial charge in [-0.2, -0.15) is 0 Å². The first-order valence-electron chi connectivity index (χ1n) is 11.9. The van der Waals surface area contributed by atoms with Gasteiger partial charge in [-0.15, -0.1) is 0 Å². The highest BCUT2D eigenvalue weighted by Gasteiger charge is 2.32. The molecule has 5 rings (SSSR count). The number of likely N-dealkylation sites (tertiary alicyclic amines) is 1. The van der Waals surface area contributed by atoms with Crippen LogP contribution in [0.4, 0.5) is 11.4 Å². The monoisotopic (exact) mass is 506 g/mol. The van der Waals surface area contributed by atoms with E-state index >= 15 is 0 Å². The number of fused-ring (bicyclic) bond motifs is 1. The van der Waals surface area contributed by atoms with Crippen LogP contribution in [0.15, 0.2) is 49.3 Å². The minimum atomic E-state index is -0.0984. The number of carbonyl (C=O) groups excluding carboxylic acids is 2. The van der Waals surface area contributed by atoms with Gasteiger partial charge >= 0.3 is 0 Å². The maximum absolute atomic E-state index is 13.0. The number of ketones is 1. The molecule has 186 valence electrons. The summed E-state index contributed by atoms with van der Waals surface area (Å²) in [5, 5.41) is 3.88. The second kappa shape index (κ2) is 10.1. The van der Waals surface area contributed by atoms with Crippen LogP contribution < -0.4 is 14.8 Å². The lowest BCUT2D eigenvalue weighted by Crippen LogP contribution is -2.53. The molecule has 1 amide bonds. The van der Waals surface area contributed by atoms with Gasteiger partial charge in [-0.25, -0.2) is 0 Å². The number of H-pyrrole nitrogens is 1. The normalized spacial score (nSPS) is 16.7. The van der Waals surface area contributed by atoms with Gasteiger partial charge in [-0.05, 0) is 43.5 Å². The van der Waals surface area contributed by atoms with Crippen LogP contribution in [0.1, 0.15) is 35.3 Å². The van der Waals surface area contributed by atoms with Gasteiger partial charge in [0.2, 0.25) is 5.91 Å². The zero-order valence-corrected chi connectivity index (χ0v) is 20.7. The number of carbonyl (C=O) groups is 2. The summed E-state index contributed by atoms with van der Waals surface area (Å²) in [5.74, 6) is 1.03. The first-order chi connectivity index (χ1) is 17.5. The molecule has 0 spiro atoms. The average Bonchev–Trinajstić information content (AvgIpc) is 3.23. The lowest BCUT2D eigenvalue weighted by molar-refractivity contribution is -0.134. The third kappa shape index (κ3) is 4.33. The highest BCUT2D eigenvalue weighted by Crippen LogP contribution is 2.44. The van der Waals surface area contributed by atoms with Crippen LogP contribution in [0, 0.1) is 0 Å². The van der Waals surface area contributed by atoms with Crippen LogP contribution in [0.2, 0.25) is 5.02 Å². The number of anilines is 2. The molecule has 1 atom stereocenters. The second-order valence-electron chi connectivity index (χ2n) is 8.81. The van der Waals surface area contributed by atoms with E-state index in [9.17, 15) is 9.59 Å². The zero-order chi connectivity index (χ0) is 25.2. The number of nitrogens with one attached hydrogen (secondary N) is 2. The zero-order valence-electron chi connectivity index (χ0n) is 20.0. The SMILES string of the molecule is C=CC(=O)N1CC[C@@H]1COc1cnccc1-c1[nH]c2c(c1Nc1cccc(Cl)c1OC)C(=O)CCC2. The second-order valence-corrected chi connectivity index (χ2v) is 9.22. The number of amides is 1. The largest absolute Gasteiger partial charge is 0.493 e. The Kier molecular flexibility index (Phi) is 6.69. The van der Waals surface area contributed by atoms with E-state index in [1.54, 1.807) is 30.5 Å². The molecule has 2 N–H and O–H groups in total. The van der Waals surface area contributed by atoms with E-state index in [-0.39, 0.29) is 17.7 Å². The van der Waals surface area contributed by atoms with Crippen molar-refractivity contribution in [3.8, 4) is 22.8 Å². The van der Waals surface area contributed by atoms with Crippen LogP contribution in [0.25, 0.3) is 11.3 Å². The molecule has 1 aliphatic carbocycles. The molecule has 1 saturated heterocycles. The first-order valence-corrected chi connectivity index (χ1v) is 12.3. The van der Waals surface area contributed by atoms with Gasteiger partial charge in [0.15, 0.2) is 11.5 Å². The molecule has 3 aromatic rings. The van der Waals surface area contributed by atoms with Crippen LogP contribution in [0.3, 0.4) is 0 Å². The van der Waals surface area contributed by atoms with Crippen molar-refractivity contribution in [3.05, 3.63) is 65.6 Å². The number of Topliss-reactive ketones (excluding diaryl/α,β-unsaturated/α-hetero) is 1. The number of nitrogens with zero attached hydrogens (tertiary/aromatic N) is 2. The molecule has 0 unspecified atom stereocenters. The minimum Gasteiger partial charge on any atom is -0.493 e. The molecule has 0 radical (unpaired) electrons. The van der Waals surface area contributed by atoms with Crippen molar-refractivity contribution in [3.63, 3.8) is 0 Å². The topological polar surface area (TPSA) is 96.6 Å². The van der Waals surface area contributed by atoms with Gasteiger partial charge in [0.1, 0.15) is 12.4 Å². The molecular weight excluding hydrogens is 480 g/mol. The Morgan fingerprint density at radius 3 is 2.97 bits per heavy atom. The summed E-state index contributed by atoms with van der Waals surface area (Å²) in [6.45, 7) is 4.60. The summed E-state index contributed by atoms with van der Waals surface area (Å²) in [5.41, 5.74) is 4.31. The van der Waals surface area contributed by atoms with Crippen molar-refractivity contribution >= 4 is 34.7 Å². The third-order valence-electron chi connectivity index (χ3n) is 6.70. The number of ether oxygens (including phenoxy) is 2. The van der Waals surface area contributed by atoms with Crippen molar-refractivity contribution in [1.82, 2.24) is 14.9 Å². The van der Waals surface area contributed by atoms with Gasteiger partial charge < -0.3 is 24.7 Å². The number of rotatable bonds is 8. The van der Waals surface area contributed by atoms with Gasteiger partial charge in [0.25, 0.3) is 0 Å². The van der Waals surface area contributed by atoms with Crippen molar-refractivity contribution in [1.29, 1.82) is 0 Å². The van der Waals surface area contributed by atoms with Crippen molar-refractivity contribution < 1.29 is 19.1 Å². The van der Waals surface area contributed by atoms with E-state index in [1.807, 2.05) is 18.2 Å². The van der Waals surface area contributed by atoms with Crippen molar-refractivity contribution in [2.75, 3.05) is 25.6 Å². The molecule has 36 heavy (non-hydrogen) atoms. The molecular formula is C27H27ClN4O4. The summed E-state index contributed by atoms with van der Waals surface area (Å²) in [6, 6.07) is 7.26. The standard InChI is InChI=1S/C27H27ClN4O4/c1-3-23(34)32-13-11-16(32)15-36-22-14-29-12-10-17(22)25-26(24-19(30-25)7-5-9-21(24)33)31-20-8-4-6-18(28)27(20)35-2/h3-4,6,8,10,12,14,16,30-31H,1,5,7,9,11,13,15H2,2H3/t16-/m1/s1. The molecule has 8 nitrogen and oxygen atoms in total. The Hall–Kier alpha value is -3.78. The summed E-state index contributed by atoms with van der Waals surface area (Å²) in [4.78, 5) is 34.5. The van der Waals surface area contributed by atoms with Crippen LogP contribution >= 0.6 is 11.6 Å². The van der Waals surface area contributed by atoms with Crippen LogP contribution in [-0.4, -0.2) is 52.9 Å². The third-order valence-corrected chi connectivity index (χ3v) is 7.00. The van der Waals surface area contributed by atoms with Crippen LogP contribution in [-0.2, 0) is 11.2 Å².